The molecule has 0 aromatic rings. The van der Waals surface area contributed by atoms with Gasteiger partial charge < -0.3 is 10.1 Å². The number of amides is 1. The van der Waals surface area contributed by atoms with Gasteiger partial charge in [-0.25, -0.2) is 0 Å². The first kappa shape index (κ1) is 17.0. The monoisotopic (exact) mass is 283 g/mol. The van der Waals surface area contributed by atoms with Gasteiger partial charge >= 0.3 is 5.97 Å². The van der Waals surface area contributed by atoms with Crippen LogP contribution in [0.2, 0.25) is 0 Å². The van der Waals surface area contributed by atoms with Crippen LogP contribution in [0.1, 0.15) is 66.7 Å². The van der Waals surface area contributed by atoms with E-state index >= 15 is 0 Å². The van der Waals surface area contributed by atoms with Crippen molar-refractivity contribution in [2.75, 3.05) is 0 Å². The summed E-state index contributed by atoms with van der Waals surface area (Å²) in [7, 11) is 0. The third-order valence-electron chi connectivity index (χ3n) is 4.07. The molecule has 0 bridgehead atoms. The van der Waals surface area contributed by atoms with Crippen molar-refractivity contribution in [2.45, 2.75) is 78.4 Å². The van der Waals surface area contributed by atoms with E-state index in [1.54, 1.807) is 0 Å². The summed E-state index contributed by atoms with van der Waals surface area (Å²) < 4.78 is 5.19. The van der Waals surface area contributed by atoms with Gasteiger partial charge in [-0.2, -0.15) is 0 Å². The van der Waals surface area contributed by atoms with Gasteiger partial charge in [0.25, 0.3) is 0 Å². The van der Waals surface area contributed by atoms with Crippen molar-refractivity contribution in [2.24, 2.45) is 11.8 Å². The quantitative estimate of drug-likeness (QED) is 0.789. The Labute approximate surface area is 122 Å². The number of nitrogens with one attached hydrogen (secondary N) is 1. The Morgan fingerprint density at radius 2 is 1.85 bits per heavy atom. The molecule has 1 N–H and O–H groups in total. The highest BCUT2D eigenvalue weighted by Gasteiger charge is 2.32. The van der Waals surface area contributed by atoms with Crippen LogP contribution >= 0.6 is 0 Å². The van der Waals surface area contributed by atoms with Crippen molar-refractivity contribution in [1.82, 2.24) is 5.32 Å². The minimum atomic E-state index is -0.484. The molecule has 1 amide bonds. The first-order valence-corrected chi connectivity index (χ1v) is 7.74. The van der Waals surface area contributed by atoms with Crippen molar-refractivity contribution >= 4 is 11.9 Å². The molecule has 0 aromatic heterocycles. The largest absolute Gasteiger partial charge is 0.460 e. The second-order valence-corrected chi connectivity index (χ2v) is 6.87. The summed E-state index contributed by atoms with van der Waals surface area (Å²) in [6.45, 7) is 9.90. The Morgan fingerprint density at radius 1 is 1.20 bits per heavy atom. The Kier molecular flexibility index (Phi) is 6.03. The molecule has 1 fully saturated rings. The van der Waals surface area contributed by atoms with Crippen molar-refractivity contribution in [3.63, 3.8) is 0 Å². The molecule has 0 aromatic carbocycles. The van der Waals surface area contributed by atoms with Crippen LogP contribution in [-0.2, 0) is 14.3 Å². The van der Waals surface area contributed by atoms with E-state index in [2.05, 4.69) is 19.2 Å². The van der Waals surface area contributed by atoms with Gasteiger partial charge in [-0.05, 0) is 45.4 Å². The minimum Gasteiger partial charge on any atom is -0.460 e. The lowest BCUT2D eigenvalue weighted by molar-refractivity contribution is -0.155. The highest BCUT2D eigenvalue weighted by Crippen LogP contribution is 2.33. The topological polar surface area (TPSA) is 55.4 Å². The fourth-order valence-electron chi connectivity index (χ4n) is 2.91. The molecule has 3 atom stereocenters. The molecular formula is C16H29NO3. The maximum atomic E-state index is 11.9. The molecule has 0 heterocycles. The molecule has 1 rings (SSSR count). The molecule has 20 heavy (non-hydrogen) atoms. The van der Waals surface area contributed by atoms with Crippen LogP contribution < -0.4 is 5.32 Å². The molecule has 3 unspecified atom stereocenters. The molecule has 4 nitrogen and oxygen atoms in total. The van der Waals surface area contributed by atoms with E-state index in [0.29, 0.717) is 11.8 Å². The van der Waals surface area contributed by atoms with Crippen molar-refractivity contribution in [3.8, 4) is 0 Å². The van der Waals surface area contributed by atoms with E-state index in [1.807, 2.05) is 20.8 Å². The SMILES string of the molecule is CCC1CCC(NC(=O)CCC(=O)OC(C)(C)C)C1C. The summed E-state index contributed by atoms with van der Waals surface area (Å²) in [6, 6.07) is 0.270. The Bertz CT molecular complexity index is 346. The van der Waals surface area contributed by atoms with Gasteiger partial charge in [-0.3, -0.25) is 9.59 Å². The van der Waals surface area contributed by atoms with Crippen LogP contribution in [-0.4, -0.2) is 23.5 Å². The number of carbonyl (C=O) groups is 2. The molecule has 1 aliphatic carbocycles. The molecule has 0 spiro atoms. The molecule has 116 valence electrons. The van der Waals surface area contributed by atoms with E-state index in [9.17, 15) is 9.59 Å². The molecule has 4 heteroatoms. The normalized spacial score (nSPS) is 26.4. The number of hydrogen-bond acceptors (Lipinski definition) is 3. The van der Waals surface area contributed by atoms with Gasteiger partial charge in [0, 0.05) is 12.5 Å². The fourth-order valence-corrected chi connectivity index (χ4v) is 2.91. The number of carbonyl (C=O) groups excluding carboxylic acids is 2. The summed E-state index contributed by atoms with van der Waals surface area (Å²) in [5.74, 6) is 0.902. The maximum Gasteiger partial charge on any atom is 0.306 e. The third kappa shape index (κ3) is 5.51. The predicted octanol–water partition coefficient (Wildman–Crippen LogP) is 3.05. The smallest absolute Gasteiger partial charge is 0.306 e. The van der Waals surface area contributed by atoms with E-state index in [4.69, 9.17) is 4.74 Å². The van der Waals surface area contributed by atoms with Crippen LogP contribution in [0.3, 0.4) is 0 Å². The summed E-state index contributed by atoms with van der Waals surface area (Å²) in [5.41, 5.74) is -0.484. The number of hydrogen-bond donors (Lipinski definition) is 1. The summed E-state index contributed by atoms with van der Waals surface area (Å²) in [5, 5.41) is 3.06. The summed E-state index contributed by atoms with van der Waals surface area (Å²) in [6.07, 6.45) is 3.79. The molecule has 0 radical (unpaired) electrons. The van der Waals surface area contributed by atoms with E-state index in [-0.39, 0.29) is 30.8 Å². The highest BCUT2D eigenvalue weighted by molar-refractivity contribution is 5.81. The predicted molar refractivity (Wildman–Crippen MR) is 79.2 cm³/mol. The lowest BCUT2D eigenvalue weighted by Crippen LogP contribution is -2.37. The minimum absolute atomic E-state index is 0.0375. The van der Waals surface area contributed by atoms with E-state index in [0.717, 1.165) is 6.42 Å². The number of rotatable bonds is 5. The second-order valence-electron chi connectivity index (χ2n) is 6.87. The maximum absolute atomic E-state index is 11.9. The fraction of sp³-hybridized carbons (Fsp3) is 0.875. The van der Waals surface area contributed by atoms with Crippen LogP contribution in [0, 0.1) is 11.8 Å². The zero-order valence-electron chi connectivity index (χ0n) is 13.5. The van der Waals surface area contributed by atoms with Gasteiger partial charge in [0.2, 0.25) is 5.91 Å². The Morgan fingerprint density at radius 3 is 2.35 bits per heavy atom. The van der Waals surface area contributed by atoms with E-state index < -0.39 is 5.60 Å². The van der Waals surface area contributed by atoms with Gasteiger partial charge in [0.15, 0.2) is 0 Å². The van der Waals surface area contributed by atoms with Gasteiger partial charge in [0.1, 0.15) is 5.60 Å². The highest BCUT2D eigenvalue weighted by atomic mass is 16.6. The molecule has 0 aliphatic heterocycles. The number of esters is 1. The van der Waals surface area contributed by atoms with Crippen LogP contribution in [0.15, 0.2) is 0 Å². The van der Waals surface area contributed by atoms with Crippen LogP contribution in [0.25, 0.3) is 0 Å². The van der Waals surface area contributed by atoms with Gasteiger partial charge in [0.05, 0.1) is 6.42 Å². The average molecular weight is 283 g/mol. The summed E-state index contributed by atoms with van der Waals surface area (Å²) in [4.78, 5) is 23.5. The van der Waals surface area contributed by atoms with Crippen molar-refractivity contribution in [3.05, 3.63) is 0 Å². The molecular weight excluding hydrogens is 254 g/mol. The average Bonchev–Trinajstić information content (AvgIpc) is 2.66. The molecule has 1 aliphatic rings. The Balaban J connectivity index is 2.29. The van der Waals surface area contributed by atoms with Crippen molar-refractivity contribution < 1.29 is 14.3 Å². The van der Waals surface area contributed by atoms with E-state index in [1.165, 1.54) is 12.8 Å². The zero-order valence-corrected chi connectivity index (χ0v) is 13.5. The zero-order chi connectivity index (χ0) is 15.3. The van der Waals surface area contributed by atoms with Crippen LogP contribution in [0.4, 0.5) is 0 Å². The molecule has 0 saturated heterocycles. The number of ether oxygens (including phenoxy) is 1. The second kappa shape index (κ2) is 7.09. The molecule has 1 saturated carbocycles. The first-order valence-electron chi connectivity index (χ1n) is 7.74. The van der Waals surface area contributed by atoms with Crippen molar-refractivity contribution in [1.29, 1.82) is 0 Å². The third-order valence-corrected chi connectivity index (χ3v) is 4.07. The summed E-state index contributed by atoms with van der Waals surface area (Å²) >= 11 is 0. The van der Waals surface area contributed by atoms with Crippen LogP contribution in [0.5, 0.6) is 0 Å². The Hall–Kier alpha value is -1.06. The first-order chi connectivity index (χ1) is 9.23. The van der Waals surface area contributed by atoms with Gasteiger partial charge in [-0.15, -0.1) is 0 Å². The lowest BCUT2D eigenvalue weighted by atomic mass is 9.93. The van der Waals surface area contributed by atoms with Gasteiger partial charge in [-0.1, -0.05) is 20.3 Å². The standard InChI is InChI=1S/C16H29NO3/c1-6-12-7-8-13(11(12)2)17-14(18)9-10-15(19)20-16(3,4)5/h11-13H,6-10H2,1-5H3,(H,17,18). The lowest BCUT2D eigenvalue weighted by Gasteiger charge is -2.21.